The van der Waals surface area contributed by atoms with E-state index in [4.69, 9.17) is 10.00 Å². The van der Waals surface area contributed by atoms with Crippen LogP contribution in [-0.2, 0) is 19.6 Å². The van der Waals surface area contributed by atoms with E-state index in [1.807, 2.05) is 0 Å². The van der Waals surface area contributed by atoms with Gasteiger partial charge in [-0.15, -0.1) is 0 Å². The van der Waals surface area contributed by atoms with Gasteiger partial charge in [-0.2, -0.15) is 9.57 Å². The van der Waals surface area contributed by atoms with Crippen LogP contribution in [0.5, 0.6) is 0 Å². The van der Waals surface area contributed by atoms with E-state index >= 15 is 0 Å². The lowest BCUT2D eigenvalue weighted by molar-refractivity contribution is -0.147. The van der Waals surface area contributed by atoms with Gasteiger partial charge in [0.15, 0.2) is 6.61 Å². The number of ether oxygens (including phenoxy) is 1. The van der Waals surface area contributed by atoms with Crippen molar-refractivity contribution in [2.45, 2.75) is 30.2 Å². The molecule has 1 unspecified atom stereocenters. The third kappa shape index (κ3) is 3.40. The summed E-state index contributed by atoms with van der Waals surface area (Å²) >= 11 is 0. The maximum atomic E-state index is 12.6. The van der Waals surface area contributed by atoms with Crippen molar-refractivity contribution in [3.8, 4) is 6.07 Å². The Morgan fingerprint density at radius 2 is 2.05 bits per heavy atom. The van der Waals surface area contributed by atoms with Crippen LogP contribution < -0.4 is 0 Å². The lowest BCUT2D eigenvalue weighted by Gasteiger charge is -2.32. The average Bonchev–Trinajstić information content (AvgIpc) is 2.53. The van der Waals surface area contributed by atoms with Crippen molar-refractivity contribution in [3.05, 3.63) is 30.3 Å². The molecule has 0 aromatic heterocycles. The Morgan fingerprint density at radius 3 is 2.71 bits per heavy atom. The van der Waals surface area contributed by atoms with E-state index in [9.17, 15) is 13.2 Å². The van der Waals surface area contributed by atoms with E-state index in [0.717, 1.165) is 6.42 Å². The summed E-state index contributed by atoms with van der Waals surface area (Å²) in [5.41, 5.74) is 0. The Bertz CT molecular complexity index is 637. The Labute approximate surface area is 124 Å². The Hall–Kier alpha value is -1.91. The molecule has 1 aliphatic rings. The SMILES string of the molecule is N#CCOC(=O)C1CCCCN1S(=O)(=O)c1ccccc1. The molecule has 7 heteroatoms. The van der Waals surface area contributed by atoms with Crippen LogP contribution in [0.15, 0.2) is 35.2 Å². The second-order valence-electron chi connectivity index (χ2n) is 4.71. The third-order valence-electron chi connectivity index (χ3n) is 3.35. The number of hydrogen-bond acceptors (Lipinski definition) is 5. The van der Waals surface area contributed by atoms with Crippen molar-refractivity contribution in [1.82, 2.24) is 4.31 Å². The normalized spacial score (nSPS) is 19.7. The Balaban J connectivity index is 2.27. The van der Waals surface area contributed by atoms with Gasteiger partial charge < -0.3 is 4.74 Å². The van der Waals surface area contributed by atoms with E-state index in [0.29, 0.717) is 12.8 Å². The topological polar surface area (TPSA) is 87.5 Å². The van der Waals surface area contributed by atoms with Crippen LogP contribution in [0.25, 0.3) is 0 Å². The highest BCUT2D eigenvalue weighted by Gasteiger charge is 2.38. The van der Waals surface area contributed by atoms with Crippen molar-refractivity contribution in [3.63, 3.8) is 0 Å². The molecule has 1 heterocycles. The van der Waals surface area contributed by atoms with Gasteiger partial charge in [0, 0.05) is 6.54 Å². The van der Waals surface area contributed by atoms with Gasteiger partial charge in [-0.25, -0.2) is 8.42 Å². The molecule has 1 aromatic rings. The summed E-state index contributed by atoms with van der Waals surface area (Å²) < 4.78 is 31.2. The second-order valence-corrected chi connectivity index (χ2v) is 6.60. The largest absolute Gasteiger partial charge is 0.449 e. The molecule has 112 valence electrons. The maximum Gasteiger partial charge on any atom is 0.325 e. The van der Waals surface area contributed by atoms with E-state index in [2.05, 4.69) is 0 Å². The summed E-state index contributed by atoms with van der Waals surface area (Å²) in [7, 11) is -3.73. The van der Waals surface area contributed by atoms with Gasteiger partial charge in [-0.3, -0.25) is 4.79 Å². The predicted octanol–water partition coefficient (Wildman–Crippen LogP) is 1.30. The minimum absolute atomic E-state index is 0.157. The number of rotatable bonds is 4. The Morgan fingerprint density at radius 1 is 1.33 bits per heavy atom. The fourth-order valence-electron chi connectivity index (χ4n) is 2.36. The van der Waals surface area contributed by atoms with Gasteiger partial charge in [0.25, 0.3) is 0 Å². The molecule has 6 nitrogen and oxygen atoms in total. The molecule has 0 saturated carbocycles. The molecule has 1 fully saturated rings. The first-order valence-electron chi connectivity index (χ1n) is 6.68. The summed E-state index contributed by atoms with van der Waals surface area (Å²) in [5.74, 6) is -0.657. The highest BCUT2D eigenvalue weighted by atomic mass is 32.2. The van der Waals surface area contributed by atoms with E-state index < -0.39 is 22.0 Å². The summed E-state index contributed by atoms with van der Waals surface area (Å²) in [4.78, 5) is 12.1. The number of piperidine rings is 1. The molecular formula is C14H16N2O4S. The molecule has 0 spiro atoms. The summed E-state index contributed by atoms with van der Waals surface area (Å²) in [6.45, 7) is -0.0852. The smallest absolute Gasteiger partial charge is 0.325 e. The van der Waals surface area contributed by atoms with Gasteiger partial charge in [-0.05, 0) is 31.4 Å². The maximum absolute atomic E-state index is 12.6. The average molecular weight is 308 g/mol. The number of carbonyl (C=O) groups excluding carboxylic acids is 1. The van der Waals surface area contributed by atoms with Crippen LogP contribution in [-0.4, -0.2) is 37.9 Å². The second kappa shape index (κ2) is 6.70. The number of esters is 1. The quantitative estimate of drug-likeness (QED) is 0.782. The molecule has 2 rings (SSSR count). The number of carbonyl (C=O) groups is 1. The number of nitrogens with zero attached hydrogens (tertiary/aromatic N) is 2. The number of hydrogen-bond donors (Lipinski definition) is 0. The highest BCUT2D eigenvalue weighted by molar-refractivity contribution is 7.89. The van der Waals surface area contributed by atoms with Gasteiger partial charge in [-0.1, -0.05) is 18.2 Å². The molecule has 1 aromatic carbocycles. The van der Waals surface area contributed by atoms with E-state index in [1.54, 1.807) is 24.3 Å². The fourth-order valence-corrected chi connectivity index (χ4v) is 4.02. The summed E-state index contributed by atoms with van der Waals surface area (Å²) in [6.07, 6.45) is 1.87. The lowest BCUT2D eigenvalue weighted by Crippen LogP contribution is -2.48. The third-order valence-corrected chi connectivity index (χ3v) is 5.28. The monoisotopic (exact) mass is 308 g/mol. The minimum atomic E-state index is -3.73. The molecule has 0 N–H and O–H groups in total. The molecule has 0 radical (unpaired) electrons. The number of nitriles is 1. The van der Waals surface area contributed by atoms with Crippen molar-refractivity contribution in [2.75, 3.05) is 13.2 Å². The van der Waals surface area contributed by atoms with Crippen molar-refractivity contribution < 1.29 is 17.9 Å². The highest BCUT2D eigenvalue weighted by Crippen LogP contribution is 2.25. The fraction of sp³-hybridized carbons (Fsp3) is 0.429. The van der Waals surface area contributed by atoms with Gasteiger partial charge in [0.2, 0.25) is 10.0 Å². The van der Waals surface area contributed by atoms with Crippen LogP contribution in [0.3, 0.4) is 0 Å². The lowest BCUT2D eigenvalue weighted by atomic mass is 10.1. The van der Waals surface area contributed by atoms with Crippen molar-refractivity contribution >= 4 is 16.0 Å². The minimum Gasteiger partial charge on any atom is -0.449 e. The zero-order valence-electron chi connectivity index (χ0n) is 11.4. The van der Waals surface area contributed by atoms with Crippen LogP contribution in [0.2, 0.25) is 0 Å². The molecule has 0 bridgehead atoms. The zero-order valence-corrected chi connectivity index (χ0v) is 12.3. The standard InChI is InChI=1S/C14H16N2O4S/c15-9-11-20-14(17)13-8-4-5-10-16(13)21(18,19)12-6-2-1-3-7-12/h1-3,6-7,13H,4-5,8,10-11H2. The van der Waals surface area contributed by atoms with Crippen LogP contribution >= 0.6 is 0 Å². The molecule has 0 aliphatic carbocycles. The Kier molecular flexibility index (Phi) is 4.94. The van der Waals surface area contributed by atoms with Crippen molar-refractivity contribution in [1.29, 1.82) is 5.26 Å². The van der Waals surface area contributed by atoms with Crippen molar-refractivity contribution in [2.24, 2.45) is 0 Å². The summed E-state index contributed by atoms with van der Waals surface area (Å²) in [6, 6.07) is 8.87. The van der Waals surface area contributed by atoms with Gasteiger partial charge >= 0.3 is 5.97 Å². The molecule has 1 aliphatic heterocycles. The number of benzene rings is 1. The first kappa shape index (κ1) is 15.5. The molecular weight excluding hydrogens is 292 g/mol. The molecule has 0 amide bonds. The van der Waals surface area contributed by atoms with Crippen LogP contribution in [0.1, 0.15) is 19.3 Å². The first-order valence-corrected chi connectivity index (χ1v) is 8.12. The van der Waals surface area contributed by atoms with Gasteiger partial charge in [0.1, 0.15) is 12.1 Å². The summed E-state index contributed by atoms with van der Waals surface area (Å²) in [5, 5.41) is 8.46. The van der Waals surface area contributed by atoms with E-state index in [1.165, 1.54) is 16.4 Å². The zero-order chi connectivity index (χ0) is 15.3. The first-order chi connectivity index (χ1) is 10.1. The predicted molar refractivity (Wildman–Crippen MR) is 74.5 cm³/mol. The van der Waals surface area contributed by atoms with Gasteiger partial charge in [0.05, 0.1) is 4.90 Å². The van der Waals surface area contributed by atoms with Crippen LogP contribution in [0, 0.1) is 11.3 Å². The molecule has 1 atom stereocenters. The number of sulfonamides is 1. The van der Waals surface area contributed by atoms with E-state index in [-0.39, 0.29) is 18.0 Å². The molecule has 21 heavy (non-hydrogen) atoms. The van der Waals surface area contributed by atoms with Crippen LogP contribution in [0.4, 0.5) is 0 Å². The molecule has 1 saturated heterocycles.